The van der Waals surface area contributed by atoms with E-state index in [-0.39, 0.29) is 5.57 Å². The van der Waals surface area contributed by atoms with Gasteiger partial charge in [0, 0.05) is 5.57 Å². The molecule has 0 saturated carbocycles. The first kappa shape index (κ1) is 19.8. The van der Waals surface area contributed by atoms with Crippen molar-refractivity contribution in [3.63, 3.8) is 0 Å². The Bertz CT molecular complexity index is 524. The molecule has 0 aromatic rings. The van der Waals surface area contributed by atoms with Crippen molar-refractivity contribution in [2.45, 2.75) is 37.7 Å². The van der Waals surface area contributed by atoms with Gasteiger partial charge in [0.15, 0.2) is 0 Å². The van der Waals surface area contributed by atoms with Gasteiger partial charge in [-0.1, -0.05) is 6.58 Å². The zero-order chi connectivity index (χ0) is 17.3. The van der Waals surface area contributed by atoms with Gasteiger partial charge in [-0.05, 0) is 20.8 Å². The number of rotatable bonds is 6. The van der Waals surface area contributed by atoms with Crippen molar-refractivity contribution in [3.05, 3.63) is 12.2 Å². The number of ether oxygens (including phenoxy) is 1. The topological polar surface area (TPSA) is 72.5 Å². The summed E-state index contributed by atoms with van der Waals surface area (Å²) in [6.07, 6.45) is -6.27. The molecular formula is C10H14F5NO4S. The molecule has 0 unspecified atom stereocenters. The third kappa shape index (κ3) is 4.92. The van der Waals surface area contributed by atoms with Crippen LogP contribution in [0.15, 0.2) is 12.2 Å². The summed E-state index contributed by atoms with van der Waals surface area (Å²) >= 11 is 0. The summed E-state index contributed by atoms with van der Waals surface area (Å²) in [7, 11) is -6.07. The van der Waals surface area contributed by atoms with Gasteiger partial charge < -0.3 is 4.74 Å². The van der Waals surface area contributed by atoms with Crippen LogP contribution in [-0.2, 0) is 19.6 Å². The van der Waals surface area contributed by atoms with Crippen molar-refractivity contribution in [2.75, 3.05) is 6.61 Å². The Labute approximate surface area is 118 Å². The van der Waals surface area contributed by atoms with Gasteiger partial charge in [0.05, 0.1) is 5.54 Å². The molecule has 0 atom stereocenters. The van der Waals surface area contributed by atoms with Gasteiger partial charge in [-0.25, -0.2) is 17.9 Å². The third-order valence-electron chi connectivity index (χ3n) is 1.99. The van der Waals surface area contributed by atoms with Crippen LogP contribution in [0.3, 0.4) is 0 Å². The van der Waals surface area contributed by atoms with Gasteiger partial charge in [0.1, 0.15) is 6.61 Å². The highest BCUT2D eigenvalue weighted by atomic mass is 32.2. The second-order valence-electron chi connectivity index (χ2n) is 4.86. The van der Waals surface area contributed by atoms with Gasteiger partial charge in [0.2, 0.25) is 0 Å². The quantitative estimate of drug-likeness (QED) is 0.456. The van der Waals surface area contributed by atoms with Crippen LogP contribution in [0.25, 0.3) is 0 Å². The molecule has 0 aliphatic rings. The Morgan fingerprint density at radius 3 is 1.95 bits per heavy atom. The normalized spacial score (nSPS) is 13.9. The van der Waals surface area contributed by atoms with Crippen molar-refractivity contribution in [1.82, 2.24) is 4.72 Å². The van der Waals surface area contributed by atoms with Gasteiger partial charge in [-0.2, -0.15) is 22.0 Å². The largest absolute Gasteiger partial charge is 0.470 e. The summed E-state index contributed by atoms with van der Waals surface area (Å²) in [5.41, 5.74) is -1.92. The Morgan fingerprint density at radius 2 is 1.62 bits per heavy atom. The number of carbonyl (C=O) groups excluding carboxylic acids is 1. The smallest absolute Gasteiger partial charge is 0.460 e. The van der Waals surface area contributed by atoms with E-state index in [4.69, 9.17) is 0 Å². The zero-order valence-corrected chi connectivity index (χ0v) is 12.2. The Balaban J connectivity index is 5.09. The molecule has 0 rings (SSSR count). The van der Waals surface area contributed by atoms with E-state index in [1.54, 1.807) is 0 Å². The molecule has 11 heteroatoms. The number of nitrogens with one attached hydrogen (secondary N) is 1. The Hall–Kier alpha value is -1.23. The first-order valence-corrected chi connectivity index (χ1v) is 6.82. The summed E-state index contributed by atoms with van der Waals surface area (Å²) in [4.78, 5) is 11.1. The monoisotopic (exact) mass is 339 g/mol. The summed E-state index contributed by atoms with van der Waals surface area (Å²) in [6.45, 7) is 5.69. The van der Waals surface area contributed by atoms with Gasteiger partial charge >= 0.3 is 17.4 Å². The third-order valence-corrected chi connectivity index (χ3v) is 3.72. The van der Waals surface area contributed by atoms with Gasteiger partial charge in [-0.3, -0.25) is 0 Å². The van der Waals surface area contributed by atoms with E-state index in [2.05, 4.69) is 11.3 Å². The van der Waals surface area contributed by atoms with E-state index in [9.17, 15) is 35.2 Å². The minimum atomic E-state index is -6.27. The zero-order valence-electron chi connectivity index (χ0n) is 11.3. The van der Waals surface area contributed by atoms with E-state index >= 15 is 0 Å². The summed E-state index contributed by atoms with van der Waals surface area (Å²) in [5.74, 6) is -0.940. The lowest BCUT2D eigenvalue weighted by molar-refractivity contribution is -0.241. The number of carbonyl (C=O) groups is 1. The van der Waals surface area contributed by atoms with Crippen molar-refractivity contribution < 1.29 is 39.9 Å². The van der Waals surface area contributed by atoms with Crippen LogP contribution in [0.1, 0.15) is 20.8 Å². The Kier molecular flexibility index (Phi) is 5.53. The molecule has 5 nitrogen and oxygen atoms in total. The van der Waals surface area contributed by atoms with Crippen LogP contribution in [0.5, 0.6) is 0 Å². The lowest BCUT2D eigenvalue weighted by atomic mass is 10.1. The molecule has 1 N–H and O–H groups in total. The fourth-order valence-electron chi connectivity index (χ4n) is 0.979. The minimum absolute atomic E-state index is 0.0470. The highest BCUT2D eigenvalue weighted by Crippen LogP contribution is 2.39. The van der Waals surface area contributed by atoms with Crippen molar-refractivity contribution in [1.29, 1.82) is 0 Å². The van der Waals surface area contributed by atoms with E-state index in [1.807, 2.05) is 0 Å². The highest BCUT2D eigenvalue weighted by molar-refractivity contribution is 7.90. The Morgan fingerprint density at radius 1 is 1.19 bits per heavy atom. The molecule has 0 aliphatic heterocycles. The van der Waals surface area contributed by atoms with Crippen LogP contribution < -0.4 is 4.72 Å². The molecule has 0 fully saturated rings. The lowest BCUT2D eigenvalue weighted by Crippen LogP contribution is -2.57. The molecule has 0 bridgehead atoms. The van der Waals surface area contributed by atoms with Gasteiger partial charge in [-0.15, -0.1) is 0 Å². The van der Waals surface area contributed by atoms with Crippen molar-refractivity contribution in [3.8, 4) is 0 Å². The number of hydrogen-bond donors (Lipinski definition) is 1. The molecule has 0 aromatic heterocycles. The molecule has 0 radical (unpaired) electrons. The highest BCUT2D eigenvalue weighted by Gasteiger charge is 2.68. The number of alkyl halides is 5. The molecule has 0 aliphatic carbocycles. The van der Waals surface area contributed by atoms with E-state index in [0.29, 0.717) is 0 Å². The van der Waals surface area contributed by atoms with E-state index in [0.717, 1.165) is 13.8 Å². The van der Waals surface area contributed by atoms with Gasteiger partial charge in [0.25, 0.3) is 10.0 Å². The molecule has 124 valence electrons. The van der Waals surface area contributed by atoms with Crippen LogP contribution >= 0.6 is 0 Å². The average molecular weight is 339 g/mol. The second-order valence-corrected chi connectivity index (χ2v) is 6.58. The fraction of sp³-hybridized carbons (Fsp3) is 0.700. The molecule has 0 saturated heterocycles. The predicted molar refractivity (Wildman–Crippen MR) is 62.9 cm³/mol. The van der Waals surface area contributed by atoms with Crippen LogP contribution in [0, 0.1) is 0 Å². The predicted octanol–water partition coefficient (Wildman–Crippen LogP) is 1.96. The average Bonchev–Trinajstić information content (AvgIpc) is 2.22. The number of esters is 1. The second kappa shape index (κ2) is 5.87. The van der Waals surface area contributed by atoms with Crippen LogP contribution in [0.4, 0.5) is 22.0 Å². The first-order chi connectivity index (χ1) is 9.03. The molecule has 21 heavy (non-hydrogen) atoms. The summed E-state index contributed by atoms with van der Waals surface area (Å²) in [5, 5.41) is -5.98. The van der Waals surface area contributed by atoms with Crippen molar-refractivity contribution in [2.24, 2.45) is 0 Å². The molecule has 0 aromatic carbocycles. The van der Waals surface area contributed by atoms with E-state index in [1.165, 1.54) is 11.6 Å². The van der Waals surface area contributed by atoms with Crippen LogP contribution in [0.2, 0.25) is 0 Å². The maximum atomic E-state index is 12.9. The van der Waals surface area contributed by atoms with Crippen LogP contribution in [-0.4, -0.2) is 38.0 Å². The minimum Gasteiger partial charge on any atom is -0.460 e. The number of sulfonamides is 1. The molecule has 0 amide bonds. The standard InChI is InChI=1S/C10H14F5NO4S/c1-6(2)7(17)20-5-8(3,4)16-21(18,19)10(14,15)9(11,12)13/h16H,1,5H2,2-4H3. The number of hydrogen-bond acceptors (Lipinski definition) is 4. The molecule has 0 spiro atoms. The number of halogens is 5. The van der Waals surface area contributed by atoms with E-state index < -0.39 is 39.6 Å². The molecular weight excluding hydrogens is 325 g/mol. The maximum Gasteiger partial charge on any atom is 0.470 e. The summed E-state index contributed by atoms with van der Waals surface area (Å²) in [6, 6.07) is 0. The summed E-state index contributed by atoms with van der Waals surface area (Å²) < 4.78 is 89.9. The maximum absolute atomic E-state index is 12.9. The fourth-order valence-corrected chi connectivity index (χ4v) is 2.20. The molecule has 0 heterocycles. The SMILES string of the molecule is C=C(C)C(=O)OCC(C)(C)NS(=O)(=O)C(F)(F)C(F)(F)F. The first-order valence-electron chi connectivity index (χ1n) is 5.34. The lowest BCUT2D eigenvalue weighted by Gasteiger charge is -2.28. The van der Waals surface area contributed by atoms with Crippen molar-refractivity contribution >= 4 is 16.0 Å².